The van der Waals surface area contributed by atoms with Crippen LogP contribution in [0.4, 0.5) is 0 Å². The van der Waals surface area contributed by atoms with Crippen molar-refractivity contribution in [3.8, 4) is 11.5 Å². The molecule has 9 heteroatoms. The maximum absolute atomic E-state index is 5.39. The van der Waals surface area contributed by atoms with Crippen LogP contribution in [0.25, 0.3) is 0 Å². The molecule has 0 aliphatic heterocycles. The number of ether oxygens (including phenoxy) is 2. The van der Waals surface area contributed by atoms with Gasteiger partial charge < -0.3 is 24.7 Å². The molecule has 0 aliphatic rings. The van der Waals surface area contributed by atoms with E-state index in [-0.39, 0.29) is 0 Å². The summed E-state index contributed by atoms with van der Waals surface area (Å²) in [6, 6.07) is 10.1. The number of thiophene rings is 1. The summed E-state index contributed by atoms with van der Waals surface area (Å²) in [7, 11) is 5.23. The highest BCUT2D eigenvalue weighted by atomic mass is 32.1. The number of hydrogen-bond acceptors (Lipinski definition) is 6. The zero-order valence-corrected chi connectivity index (χ0v) is 18.6. The monoisotopic (exact) mass is 428 g/mol. The van der Waals surface area contributed by atoms with Crippen molar-refractivity contribution in [1.29, 1.82) is 0 Å². The lowest BCUT2D eigenvalue weighted by Crippen LogP contribution is -2.38. The van der Waals surface area contributed by atoms with Gasteiger partial charge in [-0.3, -0.25) is 0 Å². The molecule has 8 nitrogen and oxygen atoms in total. The highest BCUT2D eigenvalue weighted by Gasteiger charge is 2.07. The van der Waals surface area contributed by atoms with Crippen LogP contribution in [0, 0.1) is 6.92 Å². The summed E-state index contributed by atoms with van der Waals surface area (Å²) < 4.78 is 12.6. The lowest BCUT2D eigenvalue weighted by atomic mass is 10.1. The first-order valence-corrected chi connectivity index (χ1v) is 10.6. The second-order valence-corrected chi connectivity index (χ2v) is 7.72. The van der Waals surface area contributed by atoms with Crippen LogP contribution in [-0.2, 0) is 26.6 Å². The predicted molar refractivity (Wildman–Crippen MR) is 119 cm³/mol. The standard InChI is InChI=1S/C21H28N6O2S/c1-15-25-26-20(27(15)2)14-24-21(23-13-17-6-5-11-30-17)22-10-9-16-7-8-18(28-3)19(12-16)29-4/h5-8,11-12H,9-10,13-14H2,1-4H3,(H2,22,23,24). The van der Waals surface area contributed by atoms with Crippen LogP contribution in [0.3, 0.4) is 0 Å². The average Bonchev–Trinajstić information content (AvgIpc) is 3.40. The van der Waals surface area contributed by atoms with E-state index < -0.39 is 0 Å². The van der Waals surface area contributed by atoms with Gasteiger partial charge in [0.1, 0.15) is 12.4 Å². The zero-order valence-electron chi connectivity index (χ0n) is 17.8. The van der Waals surface area contributed by atoms with Crippen molar-refractivity contribution in [3.63, 3.8) is 0 Å². The lowest BCUT2D eigenvalue weighted by Gasteiger charge is -2.13. The smallest absolute Gasteiger partial charge is 0.192 e. The number of benzene rings is 1. The molecule has 0 saturated carbocycles. The fourth-order valence-electron chi connectivity index (χ4n) is 2.86. The first-order chi connectivity index (χ1) is 14.6. The Balaban J connectivity index is 1.62. The van der Waals surface area contributed by atoms with Gasteiger partial charge in [0.2, 0.25) is 0 Å². The third-order valence-corrected chi connectivity index (χ3v) is 5.60. The van der Waals surface area contributed by atoms with E-state index in [1.165, 1.54) is 4.88 Å². The fourth-order valence-corrected chi connectivity index (χ4v) is 3.50. The molecule has 2 heterocycles. The highest BCUT2D eigenvalue weighted by Crippen LogP contribution is 2.27. The molecule has 0 amide bonds. The first kappa shape index (κ1) is 21.6. The molecule has 0 aliphatic carbocycles. The predicted octanol–water partition coefficient (Wildman–Crippen LogP) is 2.68. The number of aliphatic imine (C=N–C) groups is 1. The Hall–Kier alpha value is -3.07. The zero-order chi connectivity index (χ0) is 21.3. The van der Waals surface area contributed by atoms with Crippen molar-refractivity contribution in [2.24, 2.45) is 12.0 Å². The summed E-state index contributed by atoms with van der Waals surface area (Å²) in [5.74, 6) is 3.90. The molecule has 0 atom stereocenters. The molecule has 1 aromatic carbocycles. The van der Waals surface area contributed by atoms with Crippen LogP contribution in [0.2, 0.25) is 0 Å². The van der Waals surface area contributed by atoms with Gasteiger partial charge in [-0.25, -0.2) is 4.99 Å². The van der Waals surface area contributed by atoms with Crippen LogP contribution < -0.4 is 20.1 Å². The molecule has 0 radical (unpaired) electrons. The Morgan fingerprint density at radius 2 is 1.97 bits per heavy atom. The largest absolute Gasteiger partial charge is 0.493 e. The lowest BCUT2D eigenvalue weighted by molar-refractivity contribution is 0.354. The van der Waals surface area contributed by atoms with E-state index >= 15 is 0 Å². The van der Waals surface area contributed by atoms with Crippen LogP contribution in [0.5, 0.6) is 11.5 Å². The Morgan fingerprint density at radius 3 is 2.63 bits per heavy atom. The van der Waals surface area contributed by atoms with Gasteiger partial charge in [-0.1, -0.05) is 12.1 Å². The number of guanidine groups is 1. The summed E-state index contributed by atoms with van der Waals surface area (Å²) in [4.78, 5) is 5.94. The van der Waals surface area contributed by atoms with Crippen molar-refractivity contribution in [1.82, 2.24) is 25.4 Å². The van der Waals surface area contributed by atoms with Crippen molar-refractivity contribution in [2.75, 3.05) is 20.8 Å². The third kappa shape index (κ3) is 5.73. The summed E-state index contributed by atoms with van der Waals surface area (Å²) in [5.41, 5.74) is 1.15. The van der Waals surface area contributed by atoms with E-state index in [4.69, 9.17) is 14.5 Å². The van der Waals surface area contributed by atoms with Crippen LogP contribution >= 0.6 is 11.3 Å². The van der Waals surface area contributed by atoms with E-state index in [1.54, 1.807) is 25.6 Å². The van der Waals surface area contributed by atoms with E-state index in [2.05, 4.69) is 32.3 Å². The van der Waals surface area contributed by atoms with Crippen molar-refractivity contribution < 1.29 is 9.47 Å². The van der Waals surface area contributed by atoms with E-state index in [0.717, 1.165) is 54.2 Å². The number of nitrogens with zero attached hydrogens (tertiary/aromatic N) is 4. The van der Waals surface area contributed by atoms with E-state index in [0.29, 0.717) is 6.54 Å². The first-order valence-electron chi connectivity index (χ1n) is 9.71. The van der Waals surface area contributed by atoms with Crippen molar-refractivity contribution in [3.05, 3.63) is 57.8 Å². The minimum atomic E-state index is 0.452. The van der Waals surface area contributed by atoms with Gasteiger partial charge in [0.05, 0.1) is 20.8 Å². The minimum Gasteiger partial charge on any atom is -0.493 e. The van der Waals surface area contributed by atoms with E-state index in [9.17, 15) is 0 Å². The highest BCUT2D eigenvalue weighted by molar-refractivity contribution is 7.09. The summed E-state index contributed by atoms with van der Waals surface area (Å²) in [5, 5.41) is 17.2. The molecular formula is C21H28N6O2S. The molecule has 3 aromatic rings. The number of methoxy groups -OCH3 is 2. The van der Waals surface area contributed by atoms with Crippen molar-refractivity contribution in [2.45, 2.75) is 26.4 Å². The Bertz CT molecular complexity index is 968. The molecule has 0 spiro atoms. The van der Waals surface area contributed by atoms with Gasteiger partial charge in [0.25, 0.3) is 0 Å². The summed E-state index contributed by atoms with van der Waals surface area (Å²) in [6.07, 6.45) is 0.823. The molecule has 160 valence electrons. The van der Waals surface area contributed by atoms with Crippen LogP contribution in [-0.4, -0.2) is 41.5 Å². The molecule has 0 saturated heterocycles. The number of nitrogens with one attached hydrogen (secondary N) is 2. The maximum atomic E-state index is 5.39. The Kier molecular flexibility index (Phi) is 7.67. The van der Waals surface area contributed by atoms with Gasteiger partial charge >= 0.3 is 0 Å². The van der Waals surface area contributed by atoms with Crippen molar-refractivity contribution >= 4 is 17.3 Å². The Morgan fingerprint density at radius 1 is 1.13 bits per heavy atom. The van der Waals surface area contributed by atoms with Crippen LogP contribution in [0.15, 0.2) is 40.7 Å². The SMILES string of the molecule is COc1ccc(CCNC(=NCc2nnc(C)n2C)NCc2cccs2)cc1OC. The molecular weight excluding hydrogens is 400 g/mol. The normalized spacial score (nSPS) is 11.4. The second kappa shape index (κ2) is 10.6. The third-order valence-electron chi connectivity index (χ3n) is 4.73. The second-order valence-electron chi connectivity index (χ2n) is 6.69. The molecule has 0 fully saturated rings. The maximum Gasteiger partial charge on any atom is 0.192 e. The van der Waals surface area contributed by atoms with Gasteiger partial charge in [-0.15, -0.1) is 21.5 Å². The molecule has 30 heavy (non-hydrogen) atoms. The number of rotatable bonds is 9. The summed E-state index contributed by atoms with van der Waals surface area (Å²) in [6.45, 7) is 3.83. The molecule has 0 bridgehead atoms. The van der Waals surface area contributed by atoms with Gasteiger partial charge in [0, 0.05) is 18.5 Å². The topological polar surface area (TPSA) is 85.6 Å². The molecule has 2 aromatic heterocycles. The number of aryl methyl sites for hydroxylation is 1. The molecule has 0 unspecified atom stereocenters. The van der Waals surface area contributed by atoms with Crippen LogP contribution in [0.1, 0.15) is 22.1 Å². The number of hydrogen-bond donors (Lipinski definition) is 2. The molecule has 3 rings (SSSR count). The Labute approximate surface area is 181 Å². The number of aromatic nitrogens is 3. The molecule has 2 N–H and O–H groups in total. The van der Waals surface area contributed by atoms with Gasteiger partial charge in [0.15, 0.2) is 23.3 Å². The average molecular weight is 429 g/mol. The van der Waals surface area contributed by atoms with Gasteiger partial charge in [-0.05, 0) is 42.5 Å². The summed E-state index contributed by atoms with van der Waals surface area (Å²) >= 11 is 1.72. The van der Waals surface area contributed by atoms with Gasteiger partial charge in [-0.2, -0.15) is 0 Å². The quantitative estimate of drug-likeness (QED) is 0.403. The minimum absolute atomic E-state index is 0.452. The van der Waals surface area contributed by atoms with E-state index in [1.807, 2.05) is 42.8 Å². The fraction of sp³-hybridized carbons (Fsp3) is 0.381.